The van der Waals surface area contributed by atoms with Crippen molar-refractivity contribution in [1.29, 1.82) is 0 Å². The molecule has 0 aromatic heterocycles. The minimum Gasteiger partial charge on any atom is -0.467 e. The average Bonchev–Trinajstić information content (AvgIpc) is 2.81. The number of halogens is 3. The molecule has 1 saturated heterocycles. The highest BCUT2D eigenvalue weighted by Crippen LogP contribution is 2.29. The van der Waals surface area contributed by atoms with Crippen LogP contribution in [0.4, 0.5) is 13.2 Å². The van der Waals surface area contributed by atoms with E-state index in [9.17, 15) is 32.3 Å². The number of methoxy groups -OCH3 is 1. The normalized spacial score (nSPS) is 18.7. The number of carbonyl (C=O) groups excluding carboxylic acids is 4. The van der Waals surface area contributed by atoms with E-state index >= 15 is 0 Å². The Morgan fingerprint density at radius 3 is 2.14 bits per heavy atom. The van der Waals surface area contributed by atoms with Gasteiger partial charge in [0.15, 0.2) is 0 Å². The number of esters is 1. The van der Waals surface area contributed by atoms with E-state index in [4.69, 9.17) is 0 Å². The number of hydrogen-bond donors (Lipinski definition) is 3. The highest BCUT2D eigenvalue weighted by molar-refractivity contribution is 5.99. The molecule has 8 nitrogen and oxygen atoms in total. The number of nitrogens with one attached hydrogen (secondary N) is 3. The molecule has 3 amide bonds. The molecule has 186 valence electrons. The van der Waals surface area contributed by atoms with Crippen molar-refractivity contribution in [1.82, 2.24) is 16.0 Å². The Bertz CT molecular complexity index is 1070. The maximum atomic E-state index is 12.8. The van der Waals surface area contributed by atoms with Gasteiger partial charge in [0.25, 0.3) is 0 Å². The fourth-order valence-corrected chi connectivity index (χ4v) is 3.65. The molecule has 2 aromatic carbocycles. The molecule has 0 spiro atoms. The first kappa shape index (κ1) is 25.7. The maximum Gasteiger partial charge on any atom is 0.416 e. The van der Waals surface area contributed by atoms with Gasteiger partial charge in [0.1, 0.15) is 18.1 Å². The number of amides is 3. The lowest BCUT2D eigenvalue weighted by atomic mass is 10.0. The zero-order chi connectivity index (χ0) is 25.6. The Morgan fingerprint density at radius 1 is 0.943 bits per heavy atom. The van der Waals surface area contributed by atoms with E-state index in [-0.39, 0.29) is 12.8 Å². The van der Waals surface area contributed by atoms with Crippen LogP contribution in [0.15, 0.2) is 54.6 Å². The van der Waals surface area contributed by atoms with Gasteiger partial charge in [0.05, 0.1) is 19.1 Å². The van der Waals surface area contributed by atoms with Crippen molar-refractivity contribution in [3.8, 4) is 0 Å². The molecule has 0 unspecified atom stereocenters. The molecule has 0 bridgehead atoms. The summed E-state index contributed by atoms with van der Waals surface area (Å²) in [5.41, 5.74) is 0.374. The summed E-state index contributed by atoms with van der Waals surface area (Å²) in [4.78, 5) is 49.6. The second-order valence-electron chi connectivity index (χ2n) is 8.06. The second kappa shape index (κ2) is 11.0. The maximum absolute atomic E-state index is 12.8. The zero-order valence-corrected chi connectivity index (χ0v) is 18.7. The highest BCUT2D eigenvalue weighted by atomic mass is 19.4. The van der Waals surface area contributed by atoms with Crippen LogP contribution in [0.2, 0.25) is 0 Å². The van der Waals surface area contributed by atoms with E-state index in [0.29, 0.717) is 5.56 Å². The summed E-state index contributed by atoms with van der Waals surface area (Å²) >= 11 is 0. The molecule has 3 atom stereocenters. The van der Waals surface area contributed by atoms with Gasteiger partial charge in [0, 0.05) is 12.8 Å². The first-order valence-electron chi connectivity index (χ1n) is 10.7. The number of rotatable bonds is 8. The third-order valence-electron chi connectivity index (χ3n) is 5.48. The molecule has 2 aromatic rings. The molecule has 1 fully saturated rings. The van der Waals surface area contributed by atoms with Gasteiger partial charge in [-0.1, -0.05) is 42.5 Å². The number of carbonyl (C=O) groups is 4. The van der Waals surface area contributed by atoms with Crippen LogP contribution < -0.4 is 16.0 Å². The van der Waals surface area contributed by atoms with Crippen LogP contribution in [0.25, 0.3) is 0 Å². The lowest BCUT2D eigenvalue weighted by Gasteiger charge is -2.29. The Morgan fingerprint density at radius 2 is 1.54 bits per heavy atom. The monoisotopic (exact) mass is 491 g/mol. The summed E-state index contributed by atoms with van der Waals surface area (Å²) < 4.78 is 43.0. The molecule has 35 heavy (non-hydrogen) atoms. The topological polar surface area (TPSA) is 114 Å². The van der Waals surface area contributed by atoms with Crippen LogP contribution in [0.5, 0.6) is 0 Å². The third kappa shape index (κ3) is 7.05. The largest absolute Gasteiger partial charge is 0.467 e. The quantitative estimate of drug-likeness (QED) is 0.485. The first-order chi connectivity index (χ1) is 16.6. The Labute approximate surface area is 199 Å². The summed E-state index contributed by atoms with van der Waals surface area (Å²) in [5.74, 6) is -2.51. The van der Waals surface area contributed by atoms with Gasteiger partial charge in [-0.25, -0.2) is 4.79 Å². The van der Waals surface area contributed by atoms with Gasteiger partial charge in [-0.3, -0.25) is 14.4 Å². The van der Waals surface area contributed by atoms with Crippen molar-refractivity contribution in [3.05, 3.63) is 71.3 Å². The van der Waals surface area contributed by atoms with Gasteiger partial charge in [-0.15, -0.1) is 0 Å². The van der Waals surface area contributed by atoms with Crippen LogP contribution >= 0.6 is 0 Å². The van der Waals surface area contributed by atoms with E-state index in [1.807, 2.05) is 30.3 Å². The molecular formula is C24H24F3N3O5. The lowest BCUT2D eigenvalue weighted by Crippen LogP contribution is -2.63. The van der Waals surface area contributed by atoms with Gasteiger partial charge >= 0.3 is 12.1 Å². The van der Waals surface area contributed by atoms with Crippen LogP contribution in [-0.2, 0) is 42.9 Å². The van der Waals surface area contributed by atoms with Crippen LogP contribution in [0.1, 0.15) is 23.1 Å². The van der Waals surface area contributed by atoms with E-state index in [0.717, 1.165) is 24.8 Å². The van der Waals surface area contributed by atoms with Crippen molar-refractivity contribution < 1.29 is 37.1 Å². The van der Waals surface area contributed by atoms with E-state index < -0.39 is 60.0 Å². The van der Waals surface area contributed by atoms with Crippen molar-refractivity contribution in [2.24, 2.45) is 0 Å². The van der Waals surface area contributed by atoms with Gasteiger partial charge in [0.2, 0.25) is 17.7 Å². The summed E-state index contributed by atoms with van der Waals surface area (Å²) in [6.45, 7) is 0. The Balaban J connectivity index is 1.59. The minimum atomic E-state index is -4.50. The van der Waals surface area contributed by atoms with Crippen molar-refractivity contribution in [3.63, 3.8) is 0 Å². The lowest BCUT2D eigenvalue weighted by molar-refractivity contribution is -0.145. The van der Waals surface area contributed by atoms with Crippen LogP contribution in [-0.4, -0.2) is 48.9 Å². The minimum absolute atomic E-state index is 0.126. The fourth-order valence-electron chi connectivity index (χ4n) is 3.65. The molecule has 1 heterocycles. The number of benzene rings is 2. The molecule has 11 heteroatoms. The number of hydrogen-bond acceptors (Lipinski definition) is 5. The smallest absolute Gasteiger partial charge is 0.416 e. The SMILES string of the molecule is COC(=O)[C@@H](Cc1ccc(C(F)(F)F)cc1)NC(=O)C[C@@H]1NC(=O)[C@H](Cc2ccccc2)NC1=O. The molecule has 3 rings (SSSR count). The summed E-state index contributed by atoms with van der Waals surface area (Å²) in [7, 11) is 1.11. The van der Waals surface area contributed by atoms with Gasteiger partial charge in [-0.05, 0) is 23.3 Å². The molecular weight excluding hydrogens is 467 g/mol. The summed E-state index contributed by atoms with van der Waals surface area (Å²) in [6.07, 6.45) is -4.77. The van der Waals surface area contributed by atoms with E-state index in [1.165, 1.54) is 12.1 Å². The zero-order valence-electron chi connectivity index (χ0n) is 18.7. The molecule has 0 saturated carbocycles. The predicted octanol–water partition coefficient (Wildman–Crippen LogP) is 1.52. The summed E-state index contributed by atoms with van der Waals surface area (Å²) in [5, 5.41) is 7.55. The summed E-state index contributed by atoms with van der Waals surface area (Å²) in [6, 6.07) is 10.1. The van der Waals surface area contributed by atoms with E-state index in [2.05, 4.69) is 20.7 Å². The molecule has 3 N–H and O–H groups in total. The molecule has 1 aliphatic rings. The standard InChI is InChI=1S/C24H24F3N3O5/c1-35-23(34)19(12-15-7-9-16(10-8-15)24(25,26)27)28-20(31)13-18-22(33)29-17(21(32)30-18)11-14-5-3-2-4-6-14/h2-10,17-19H,11-13H2,1H3,(H,28,31)(H,29,33)(H,30,32)/t17-,18-,19+/m0/s1. The number of ether oxygens (including phenoxy) is 1. The van der Waals surface area contributed by atoms with Crippen molar-refractivity contribution in [2.45, 2.75) is 43.6 Å². The van der Waals surface area contributed by atoms with Gasteiger partial charge in [-0.2, -0.15) is 13.2 Å². The van der Waals surface area contributed by atoms with Crippen LogP contribution in [0, 0.1) is 0 Å². The second-order valence-corrected chi connectivity index (χ2v) is 8.06. The highest BCUT2D eigenvalue weighted by Gasteiger charge is 2.35. The van der Waals surface area contributed by atoms with Crippen LogP contribution in [0.3, 0.4) is 0 Å². The van der Waals surface area contributed by atoms with Gasteiger partial charge < -0.3 is 20.7 Å². The first-order valence-corrected chi connectivity index (χ1v) is 10.7. The molecule has 1 aliphatic heterocycles. The number of alkyl halides is 3. The van der Waals surface area contributed by atoms with Crippen molar-refractivity contribution >= 4 is 23.7 Å². The Kier molecular flexibility index (Phi) is 8.10. The van der Waals surface area contributed by atoms with Crippen molar-refractivity contribution in [2.75, 3.05) is 7.11 Å². The van der Waals surface area contributed by atoms with E-state index in [1.54, 1.807) is 0 Å². The molecule has 0 radical (unpaired) electrons. The predicted molar refractivity (Wildman–Crippen MR) is 118 cm³/mol. The average molecular weight is 491 g/mol. The third-order valence-corrected chi connectivity index (χ3v) is 5.48. The Hall–Kier alpha value is -3.89. The fraction of sp³-hybridized carbons (Fsp3) is 0.333. The number of piperazine rings is 1. The molecule has 0 aliphatic carbocycles.